The van der Waals surface area contributed by atoms with E-state index in [2.05, 4.69) is 155 Å². The zero-order chi connectivity index (χ0) is 31.9. The second-order valence-corrected chi connectivity index (χ2v) is 12.3. The number of hydrogen-bond acceptors (Lipinski definition) is 2. The van der Waals surface area contributed by atoms with E-state index in [-0.39, 0.29) is 0 Å². The SMILES string of the molecule is N#Cc1cc(-n2c3ccccc3c3cc4ccccc4cc32)c(-n2c3ccccc3c3c4ccccc4c4ccccc4c32)cc1C#N. The van der Waals surface area contributed by atoms with Crippen molar-refractivity contribution in [1.29, 1.82) is 10.5 Å². The monoisotopic (exact) mass is 608 g/mol. The van der Waals surface area contributed by atoms with E-state index in [1.54, 1.807) is 0 Å². The lowest BCUT2D eigenvalue weighted by atomic mass is 9.97. The van der Waals surface area contributed by atoms with E-state index in [9.17, 15) is 10.5 Å². The first-order valence-corrected chi connectivity index (χ1v) is 16.0. The van der Waals surface area contributed by atoms with E-state index in [0.717, 1.165) is 60.4 Å². The summed E-state index contributed by atoms with van der Waals surface area (Å²) in [5.41, 5.74) is 6.56. The van der Waals surface area contributed by atoms with Crippen molar-refractivity contribution in [3.8, 4) is 23.5 Å². The van der Waals surface area contributed by atoms with Gasteiger partial charge in [0, 0.05) is 26.9 Å². The summed E-state index contributed by atoms with van der Waals surface area (Å²) in [7, 11) is 0. The average Bonchev–Trinajstić information content (AvgIpc) is 3.66. The van der Waals surface area contributed by atoms with Gasteiger partial charge in [0.25, 0.3) is 0 Å². The van der Waals surface area contributed by atoms with Crippen LogP contribution in [0, 0.1) is 22.7 Å². The van der Waals surface area contributed by atoms with Crippen molar-refractivity contribution >= 4 is 75.9 Å². The molecule has 0 aliphatic heterocycles. The summed E-state index contributed by atoms with van der Waals surface area (Å²) < 4.78 is 4.59. The average molecular weight is 609 g/mol. The first-order valence-electron chi connectivity index (χ1n) is 16.0. The van der Waals surface area contributed by atoms with Crippen LogP contribution >= 0.6 is 0 Å². The Kier molecular flexibility index (Phi) is 5.38. The van der Waals surface area contributed by atoms with Crippen molar-refractivity contribution in [3.05, 3.63) is 157 Å². The highest BCUT2D eigenvalue weighted by molar-refractivity contribution is 6.32. The molecular formula is C44H24N4. The zero-order valence-electron chi connectivity index (χ0n) is 25.6. The Morgan fingerprint density at radius 2 is 0.854 bits per heavy atom. The van der Waals surface area contributed by atoms with Crippen LogP contribution in [0.1, 0.15) is 11.1 Å². The number of para-hydroxylation sites is 2. The van der Waals surface area contributed by atoms with Gasteiger partial charge in [-0.2, -0.15) is 10.5 Å². The Balaban J connectivity index is 1.46. The van der Waals surface area contributed by atoms with Gasteiger partial charge in [-0.15, -0.1) is 0 Å². The lowest BCUT2D eigenvalue weighted by molar-refractivity contribution is 1.09. The highest BCUT2D eigenvalue weighted by Gasteiger charge is 2.24. The molecule has 10 rings (SSSR count). The molecule has 4 nitrogen and oxygen atoms in total. The van der Waals surface area contributed by atoms with Crippen molar-refractivity contribution in [2.24, 2.45) is 0 Å². The second kappa shape index (κ2) is 9.81. The van der Waals surface area contributed by atoms with Gasteiger partial charge in [0.05, 0.1) is 44.6 Å². The number of rotatable bonds is 2. The topological polar surface area (TPSA) is 57.4 Å². The van der Waals surface area contributed by atoms with Crippen molar-refractivity contribution in [2.45, 2.75) is 0 Å². The lowest BCUT2D eigenvalue weighted by Gasteiger charge is -2.19. The van der Waals surface area contributed by atoms with E-state index in [0.29, 0.717) is 11.1 Å². The van der Waals surface area contributed by atoms with Gasteiger partial charge in [-0.25, -0.2) is 0 Å². The Bertz CT molecular complexity index is 3090. The van der Waals surface area contributed by atoms with Crippen molar-refractivity contribution in [3.63, 3.8) is 0 Å². The largest absolute Gasteiger partial charge is 0.307 e. The number of aromatic nitrogens is 2. The third-order valence-corrected chi connectivity index (χ3v) is 9.92. The molecule has 0 radical (unpaired) electrons. The van der Waals surface area contributed by atoms with Crippen LogP contribution < -0.4 is 0 Å². The summed E-state index contributed by atoms with van der Waals surface area (Å²) in [6, 6.07) is 55.6. The summed E-state index contributed by atoms with van der Waals surface area (Å²) in [5.74, 6) is 0. The van der Waals surface area contributed by atoms with Gasteiger partial charge in [-0.1, -0.05) is 109 Å². The van der Waals surface area contributed by atoms with Gasteiger partial charge in [-0.3, -0.25) is 0 Å². The maximum absolute atomic E-state index is 10.4. The summed E-state index contributed by atoms with van der Waals surface area (Å²) in [6.45, 7) is 0. The Labute approximate surface area is 275 Å². The molecule has 2 aromatic heterocycles. The normalized spacial score (nSPS) is 11.7. The quantitative estimate of drug-likeness (QED) is 0.183. The van der Waals surface area contributed by atoms with E-state index in [4.69, 9.17) is 0 Å². The molecule has 0 aliphatic carbocycles. The Morgan fingerprint density at radius 1 is 0.375 bits per heavy atom. The van der Waals surface area contributed by atoms with Crippen LogP contribution in [0.3, 0.4) is 0 Å². The zero-order valence-corrected chi connectivity index (χ0v) is 25.6. The highest BCUT2D eigenvalue weighted by Crippen LogP contribution is 2.44. The van der Waals surface area contributed by atoms with Crippen LogP contribution in [0.5, 0.6) is 0 Å². The van der Waals surface area contributed by atoms with Gasteiger partial charge >= 0.3 is 0 Å². The minimum Gasteiger partial charge on any atom is -0.307 e. The van der Waals surface area contributed by atoms with Gasteiger partial charge in [0.1, 0.15) is 12.1 Å². The molecule has 0 bridgehead atoms. The molecule has 0 saturated heterocycles. The summed E-state index contributed by atoms with van der Waals surface area (Å²) >= 11 is 0. The molecule has 0 aliphatic rings. The van der Waals surface area contributed by atoms with E-state index in [1.165, 1.54) is 26.9 Å². The van der Waals surface area contributed by atoms with Crippen molar-refractivity contribution < 1.29 is 0 Å². The molecule has 2 heterocycles. The van der Waals surface area contributed by atoms with Crippen LogP contribution in [0.4, 0.5) is 0 Å². The third kappa shape index (κ3) is 3.46. The molecular weight excluding hydrogens is 585 g/mol. The molecule has 48 heavy (non-hydrogen) atoms. The minimum absolute atomic E-state index is 0.346. The number of hydrogen-bond donors (Lipinski definition) is 0. The van der Waals surface area contributed by atoms with Crippen molar-refractivity contribution in [2.75, 3.05) is 0 Å². The highest BCUT2D eigenvalue weighted by atomic mass is 15.1. The molecule has 0 amide bonds. The van der Waals surface area contributed by atoms with Crippen LogP contribution in [0.15, 0.2) is 146 Å². The summed E-state index contributed by atoms with van der Waals surface area (Å²) in [4.78, 5) is 0. The predicted molar refractivity (Wildman–Crippen MR) is 197 cm³/mol. The second-order valence-electron chi connectivity index (χ2n) is 12.3. The molecule has 0 saturated carbocycles. The van der Waals surface area contributed by atoms with Crippen molar-refractivity contribution in [1.82, 2.24) is 9.13 Å². The van der Waals surface area contributed by atoms with E-state index >= 15 is 0 Å². The number of nitrogens with zero attached hydrogens (tertiary/aromatic N) is 4. The molecule has 10 aromatic rings. The first kappa shape index (κ1) is 26.3. The van der Waals surface area contributed by atoms with Crippen LogP contribution in [-0.2, 0) is 0 Å². The molecule has 220 valence electrons. The van der Waals surface area contributed by atoms with Crippen LogP contribution in [0.2, 0.25) is 0 Å². The van der Waals surface area contributed by atoms with Crippen LogP contribution in [0.25, 0.3) is 87.3 Å². The summed E-state index contributed by atoms with van der Waals surface area (Å²) in [5, 5.41) is 32.3. The fourth-order valence-electron chi connectivity index (χ4n) is 7.91. The van der Waals surface area contributed by atoms with Gasteiger partial charge < -0.3 is 9.13 Å². The van der Waals surface area contributed by atoms with Gasteiger partial charge in [0.2, 0.25) is 0 Å². The first-order chi connectivity index (χ1) is 23.7. The molecule has 0 spiro atoms. The van der Waals surface area contributed by atoms with Crippen LogP contribution in [-0.4, -0.2) is 9.13 Å². The lowest BCUT2D eigenvalue weighted by Crippen LogP contribution is -2.06. The molecule has 8 aromatic carbocycles. The maximum atomic E-state index is 10.4. The minimum atomic E-state index is 0.346. The predicted octanol–water partition coefficient (Wildman–Crippen LogP) is 11.1. The maximum Gasteiger partial charge on any atom is 0.101 e. The number of fused-ring (bicyclic) bond motifs is 12. The third-order valence-electron chi connectivity index (χ3n) is 9.92. The van der Waals surface area contributed by atoms with E-state index in [1.807, 2.05) is 12.1 Å². The van der Waals surface area contributed by atoms with Gasteiger partial charge in [-0.05, 0) is 63.3 Å². The molecule has 0 N–H and O–H groups in total. The fraction of sp³-hybridized carbons (Fsp3) is 0. The smallest absolute Gasteiger partial charge is 0.101 e. The van der Waals surface area contributed by atoms with Gasteiger partial charge in [0.15, 0.2) is 0 Å². The fourth-order valence-corrected chi connectivity index (χ4v) is 7.91. The molecule has 4 heteroatoms. The Hall–Kier alpha value is -6.88. The molecule has 0 unspecified atom stereocenters. The summed E-state index contributed by atoms with van der Waals surface area (Å²) in [6.07, 6.45) is 0. The number of nitriles is 2. The number of benzene rings is 8. The standard InChI is InChI=1S/C44H24N4/c45-25-29-23-41(47-38-19-9-7-15-33(38)37-21-27-11-1-2-12-28(27)22-40(37)47)42(24-30(29)26-46)48-39-20-10-8-18-36(39)43-34-16-5-3-13-31(34)32-14-4-6-17-35(32)44(43)48/h1-24H. The van der Waals surface area contributed by atoms with E-state index < -0.39 is 0 Å². The molecule has 0 fully saturated rings. The Morgan fingerprint density at radius 3 is 1.52 bits per heavy atom. The molecule has 0 atom stereocenters.